The molecule has 0 aliphatic rings. The van der Waals surface area contributed by atoms with E-state index in [1.807, 2.05) is 24.3 Å². The van der Waals surface area contributed by atoms with E-state index in [1.165, 1.54) is 0 Å². The molecule has 5 heteroatoms. The van der Waals surface area contributed by atoms with Crippen molar-refractivity contribution in [3.05, 3.63) is 40.0 Å². The lowest BCUT2D eigenvalue weighted by molar-refractivity contribution is 0.101. The van der Waals surface area contributed by atoms with Crippen LogP contribution in [0.25, 0.3) is 0 Å². The summed E-state index contributed by atoms with van der Waals surface area (Å²) in [4.78, 5) is 22.2. The normalized spacial score (nSPS) is 10.4. The highest BCUT2D eigenvalue weighted by atomic mass is 32.1. The molecule has 0 aliphatic heterocycles. The smallest absolute Gasteiger partial charge is 0.163 e. The van der Waals surface area contributed by atoms with E-state index in [9.17, 15) is 4.79 Å². The van der Waals surface area contributed by atoms with Crippen molar-refractivity contribution in [2.75, 3.05) is 11.9 Å². The number of carbonyl (C=O) groups is 1. The maximum absolute atomic E-state index is 11.5. The van der Waals surface area contributed by atoms with E-state index in [0.717, 1.165) is 10.7 Å². The van der Waals surface area contributed by atoms with Crippen molar-refractivity contribution >= 4 is 22.9 Å². The fourth-order valence-corrected chi connectivity index (χ4v) is 2.38. The summed E-state index contributed by atoms with van der Waals surface area (Å²) in [6.07, 6.45) is 1.70. The Morgan fingerprint density at radius 1 is 1.50 bits per heavy atom. The van der Waals surface area contributed by atoms with Crippen molar-refractivity contribution in [2.45, 2.75) is 20.4 Å². The number of rotatable bonds is 4. The number of hydrogen-bond donors (Lipinski definition) is 0. The van der Waals surface area contributed by atoms with Crippen molar-refractivity contribution in [2.24, 2.45) is 0 Å². The quantitative estimate of drug-likeness (QED) is 0.794. The van der Waals surface area contributed by atoms with Gasteiger partial charge in [0.25, 0.3) is 0 Å². The minimum Gasteiger partial charge on any atom is -0.353 e. The van der Waals surface area contributed by atoms with Crippen LogP contribution in [0.5, 0.6) is 0 Å². The Kier molecular flexibility index (Phi) is 3.72. The summed E-state index contributed by atoms with van der Waals surface area (Å²) in [7, 11) is 1.92. The predicted octanol–water partition coefficient (Wildman–Crippen LogP) is 2.69. The Bertz CT molecular complexity index is 565. The summed E-state index contributed by atoms with van der Waals surface area (Å²) in [5.74, 6) is 0.732. The molecule has 0 N–H and O–H groups in total. The Labute approximate surface area is 110 Å². The number of anilines is 1. The first kappa shape index (κ1) is 12.7. The number of carbonyl (C=O) groups excluding carboxylic acids is 1. The molecule has 0 saturated heterocycles. The molecular weight excluding hydrogens is 246 g/mol. The topological polar surface area (TPSA) is 46.1 Å². The zero-order valence-electron chi connectivity index (χ0n) is 10.7. The fourth-order valence-electron chi connectivity index (χ4n) is 1.77. The summed E-state index contributed by atoms with van der Waals surface area (Å²) >= 11 is 1.63. The van der Waals surface area contributed by atoms with Gasteiger partial charge in [-0.05, 0) is 26.0 Å². The number of aromatic nitrogens is 2. The van der Waals surface area contributed by atoms with E-state index < -0.39 is 0 Å². The molecule has 94 valence electrons. The van der Waals surface area contributed by atoms with Gasteiger partial charge in [-0.2, -0.15) is 0 Å². The third-order valence-electron chi connectivity index (χ3n) is 2.59. The molecule has 0 amide bonds. The van der Waals surface area contributed by atoms with Crippen LogP contribution in [0.15, 0.2) is 23.7 Å². The summed E-state index contributed by atoms with van der Waals surface area (Å²) < 4.78 is 0. The average Bonchev–Trinajstić information content (AvgIpc) is 2.74. The van der Waals surface area contributed by atoms with E-state index in [1.54, 1.807) is 36.6 Å². The van der Waals surface area contributed by atoms with Crippen LogP contribution in [0.3, 0.4) is 0 Å². The van der Waals surface area contributed by atoms with Gasteiger partial charge in [-0.25, -0.2) is 9.97 Å². The molecule has 2 rings (SSSR count). The minimum atomic E-state index is 0.0272. The molecule has 0 radical (unpaired) electrons. The first-order valence-corrected chi connectivity index (χ1v) is 6.54. The predicted molar refractivity (Wildman–Crippen MR) is 73.2 cm³/mol. The van der Waals surface area contributed by atoms with Crippen LogP contribution < -0.4 is 4.90 Å². The number of Topliss-reactive ketones (excluding diaryl/α,β-unsaturated/α-hetero) is 1. The van der Waals surface area contributed by atoms with Gasteiger partial charge in [-0.15, -0.1) is 11.3 Å². The van der Waals surface area contributed by atoms with E-state index in [-0.39, 0.29) is 5.78 Å². The minimum absolute atomic E-state index is 0.0272. The summed E-state index contributed by atoms with van der Waals surface area (Å²) in [5.41, 5.74) is 1.65. The highest BCUT2D eigenvalue weighted by molar-refractivity contribution is 7.09. The van der Waals surface area contributed by atoms with Crippen molar-refractivity contribution < 1.29 is 4.79 Å². The van der Waals surface area contributed by atoms with Crippen molar-refractivity contribution in [3.63, 3.8) is 0 Å². The van der Waals surface area contributed by atoms with E-state index in [0.29, 0.717) is 17.9 Å². The maximum Gasteiger partial charge on any atom is 0.163 e. The Morgan fingerprint density at radius 2 is 2.28 bits per heavy atom. The SMILES string of the molecule is CC(=O)c1cccnc1N(C)Cc1csc(C)n1. The van der Waals surface area contributed by atoms with Crippen LogP contribution >= 0.6 is 11.3 Å². The third-order valence-corrected chi connectivity index (χ3v) is 3.42. The van der Waals surface area contributed by atoms with Crippen molar-refractivity contribution in [1.82, 2.24) is 9.97 Å². The number of thiazole rings is 1. The summed E-state index contributed by atoms with van der Waals surface area (Å²) in [6, 6.07) is 3.58. The Morgan fingerprint density at radius 3 is 2.89 bits per heavy atom. The van der Waals surface area contributed by atoms with Crippen LogP contribution in [-0.2, 0) is 6.54 Å². The molecule has 4 nitrogen and oxygen atoms in total. The molecule has 2 aromatic heterocycles. The maximum atomic E-state index is 11.5. The fraction of sp³-hybridized carbons (Fsp3) is 0.308. The molecule has 2 aromatic rings. The zero-order chi connectivity index (χ0) is 13.1. The molecule has 0 atom stereocenters. The molecule has 18 heavy (non-hydrogen) atoms. The standard InChI is InChI=1S/C13H15N3OS/c1-9(17)12-5-4-6-14-13(12)16(3)7-11-8-18-10(2)15-11/h4-6,8H,7H2,1-3H3. The summed E-state index contributed by atoms with van der Waals surface area (Å²) in [5, 5.41) is 3.08. The van der Waals surface area contributed by atoms with Gasteiger partial charge in [0.15, 0.2) is 5.78 Å². The molecule has 0 aromatic carbocycles. The monoisotopic (exact) mass is 261 g/mol. The van der Waals surface area contributed by atoms with Crippen LogP contribution in [0.2, 0.25) is 0 Å². The number of pyridine rings is 1. The zero-order valence-corrected chi connectivity index (χ0v) is 11.5. The van der Waals surface area contributed by atoms with Crippen molar-refractivity contribution in [1.29, 1.82) is 0 Å². The average molecular weight is 261 g/mol. The molecule has 2 heterocycles. The molecule has 0 spiro atoms. The largest absolute Gasteiger partial charge is 0.353 e. The highest BCUT2D eigenvalue weighted by Gasteiger charge is 2.13. The summed E-state index contributed by atoms with van der Waals surface area (Å²) in [6.45, 7) is 4.19. The van der Waals surface area contributed by atoms with Gasteiger partial charge in [0, 0.05) is 18.6 Å². The molecule has 0 aliphatic carbocycles. The van der Waals surface area contributed by atoms with Gasteiger partial charge in [-0.3, -0.25) is 4.79 Å². The van der Waals surface area contributed by atoms with Gasteiger partial charge in [0.2, 0.25) is 0 Å². The molecule has 0 unspecified atom stereocenters. The Hall–Kier alpha value is -1.75. The van der Waals surface area contributed by atoms with Crippen LogP contribution in [0, 0.1) is 6.92 Å². The number of ketones is 1. The third kappa shape index (κ3) is 2.73. The second-order valence-corrected chi connectivity index (χ2v) is 5.21. The lowest BCUT2D eigenvalue weighted by Gasteiger charge is -2.19. The lowest BCUT2D eigenvalue weighted by atomic mass is 10.2. The van der Waals surface area contributed by atoms with Crippen molar-refractivity contribution in [3.8, 4) is 0 Å². The van der Waals surface area contributed by atoms with Gasteiger partial charge in [0.1, 0.15) is 5.82 Å². The van der Waals surface area contributed by atoms with Gasteiger partial charge in [-0.1, -0.05) is 0 Å². The second kappa shape index (κ2) is 5.27. The molecule has 0 bridgehead atoms. The number of nitrogens with zero attached hydrogens (tertiary/aromatic N) is 3. The first-order chi connectivity index (χ1) is 8.58. The first-order valence-electron chi connectivity index (χ1n) is 5.66. The molecule has 0 saturated carbocycles. The van der Waals surface area contributed by atoms with E-state index in [4.69, 9.17) is 0 Å². The van der Waals surface area contributed by atoms with Crippen LogP contribution in [0.4, 0.5) is 5.82 Å². The Balaban J connectivity index is 2.23. The van der Waals surface area contributed by atoms with Gasteiger partial charge in [0.05, 0.1) is 22.8 Å². The second-order valence-electron chi connectivity index (χ2n) is 4.14. The van der Waals surface area contributed by atoms with Gasteiger partial charge >= 0.3 is 0 Å². The van der Waals surface area contributed by atoms with Crippen LogP contribution in [0.1, 0.15) is 28.0 Å². The molecular formula is C13H15N3OS. The highest BCUT2D eigenvalue weighted by Crippen LogP contribution is 2.19. The van der Waals surface area contributed by atoms with Crippen LogP contribution in [-0.4, -0.2) is 22.8 Å². The molecule has 0 fully saturated rings. The number of aryl methyl sites for hydroxylation is 1. The van der Waals surface area contributed by atoms with Gasteiger partial charge < -0.3 is 4.90 Å². The number of hydrogen-bond acceptors (Lipinski definition) is 5. The van der Waals surface area contributed by atoms with E-state index >= 15 is 0 Å². The van der Waals surface area contributed by atoms with E-state index in [2.05, 4.69) is 9.97 Å². The lowest BCUT2D eigenvalue weighted by Crippen LogP contribution is -2.20.